The number of hydrogen-bond donors (Lipinski definition) is 3. The molecule has 2 unspecified atom stereocenters. The molecule has 4 heteroatoms. The van der Waals surface area contributed by atoms with Gasteiger partial charge in [-0.05, 0) is 44.9 Å². The summed E-state index contributed by atoms with van der Waals surface area (Å²) in [5, 5.41) is 22.7. The van der Waals surface area contributed by atoms with Gasteiger partial charge < -0.3 is 15.5 Å². The standard InChI is InChI=1S/C34H63NO3/c1-3-5-7-9-11-13-15-16-17-18-19-20-21-23-25-27-29-33(37)32(31-36)35-34(38)30-28-26-24-22-14-12-10-8-6-4-2/h16-17,20-21,27,29,32-33,36-37H,3-15,18-19,22-26,28,30-31H2,1-2H3,(H,35,38)/b17-16+,21-20+,29-27+. The highest BCUT2D eigenvalue weighted by atomic mass is 16.3. The minimum Gasteiger partial charge on any atom is -0.394 e. The Bertz CT molecular complexity index is 584. The minimum absolute atomic E-state index is 0.0833. The first-order valence-electron chi connectivity index (χ1n) is 16.2. The van der Waals surface area contributed by atoms with E-state index in [0.717, 1.165) is 38.5 Å². The van der Waals surface area contributed by atoms with E-state index in [2.05, 4.69) is 43.5 Å². The van der Waals surface area contributed by atoms with Gasteiger partial charge in [0.1, 0.15) is 0 Å². The van der Waals surface area contributed by atoms with E-state index >= 15 is 0 Å². The lowest BCUT2D eigenvalue weighted by Crippen LogP contribution is -2.45. The van der Waals surface area contributed by atoms with Gasteiger partial charge in [0.05, 0.1) is 18.8 Å². The predicted octanol–water partition coefficient (Wildman–Crippen LogP) is 9.12. The summed E-state index contributed by atoms with van der Waals surface area (Å²) in [6.07, 6.45) is 37.9. The van der Waals surface area contributed by atoms with E-state index in [1.165, 1.54) is 96.3 Å². The molecule has 0 aliphatic carbocycles. The summed E-state index contributed by atoms with van der Waals surface area (Å²) in [5.41, 5.74) is 0. The Morgan fingerprint density at radius 2 is 1.03 bits per heavy atom. The number of unbranched alkanes of at least 4 members (excludes halogenated alkanes) is 17. The summed E-state index contributed by atoms with van der Waals surface area (Å²) < 4.78 is 0. The monoisotopic (exact) mass is 533 g/mol. The van der Waals surface area contributed by atoms with Crippen molar-refractivity contribution in [2.45, 2.75) is 167 Å². The van der Waals surface area contributed by atoms with Gasteiger partial charge in [-0.15, -0.1) is 0 Å². The fraction of sp³-hybridized carbons (Fsp3) is 0.794. The summed E-state index contributed by atoms with van der Waals surface area (Å²) >= 11 is 0. The van der Waals surface area contributed by atoms with Gasteiger partial charge in [0.2, 0.25) is 5.91 Å². The number of hydrogen-bond acceptors (Lipinski definition) is 3. The summed E-state index contributed by atoms with van der Waals surface area (Å²) in [5.74, 6) is -0.0833. The molecule has 222 valence electrons. The third kappa shape index (κ3) is 26.2. The minimum atomic E-state index is -0.864. The molecule has 2 atom stereocenters. The van der Waals surface area contributed by atoms with Crippen molar-refractivity contribution in [3.63, 3.8) is 0 Å². The smallest absolute Gasteiger partial charge is 0.220 e. The largest absolute Gasteiger partial charge is 0.394 e. The van der Waals surface area contributed by atoms with Gasteiger partial charge in [-0.3, -0.25) is 4.79 Å². The number of aliphatic hydroxyl groups excluding tert-OH is 2. The molecule has 0 saturated heterocycles. The van der Waals surface area contributed by atoms with E-state index in [1.54, 1.807) is 6.08 Å². The molecular formula is C34H63NO3. The van der Waals surface area contributed by atoms with Crippen LogP contribution in [0.15, 0.2) is 36.5 Å². The van der Waals surface area contributed by atoms with E-state index in [1.807, 2.05) is 6.08 Å². The number of allylic oxidation sites excluding steroid dienone is 5. The molecule has 0 aromatic heterocycles. The number of rotatable bonds is 28. The maximum atomic E-state index is 12.2. The first-order chi connectivity index (χ1) is 18.7. The molecule has 0 aliphatic rings. The highest BCUT2D eigenvalue weighted by Gasteiger charge is 2.17. The van der Waals surface area contributed by atoms with Gasteiger partial charge >= 0.3 is 0 Å². The fourth-order valence-electron chi connectivity index (χ4n) is 4.56. The van der Waals surface area contributed by atoms with Crippen molar-refractivity contribution in [2.24, 2.45) is 0 Å². The SMILES string of the molecule is CCCCCCCC/C=C/CC/C=C/CC/C=C/C(O)C(CO)NC(=O)CCCCCCCCCCCC. The van der Waals surface area contributed by atoms with Crippen LogP contribution in [0.3, 0.4) is 0 Å². The van der Waals surface area contributed by atoms with Crippen LogP contribution in [0.2, 0.25) is 0 Å². The van der Waals surface area contributed by atoms with E-state index in [0.29, 0.717) is 6.42 Å². The molecule has 0 heterocycles. The first-order valence-corrected chi connectivity index (χ1v) is 16.2. The van der Waals surface area contributed by atoms with Crippen LogP contribution in [-0.2, 0) is 4.79 Å². The van der Waals surface area contributed by atoms with Crippen molar-refractivity contribution >= 4 is 5.91 Å². The highest BCUT2D eigenvalue weighted by Crippen LogP contribution is 2.12. The maximum absolute atomic E-state index is 12.2. The van der Waals surface area contributed by atoms with Crippen LogP contribution in [-0.4, -0.2) is 34.9 Å². The molecule has 0 spiro atoms. The molecule has 0 aliphatic heterocycles. The van der Waals surface area contributed by atoms with Crippen molar-refractivity contribution in [3.8, 4) is 0 Å². The van der Waals surface area contributed by atoms with Crippen molar-refractivity contribution in [3.05, 3.63) is 36.5 Å². The Labute approximate surface area is 236 Å². The zero-order valence-corrected chi connectivity index (χ0v) is 25.2. The zero-order valence-electron chi connectivity index (χ0n) is 25.2. The van der Waals surface area contributed by atoms with Crippen LogP contribution in [0, 0.1) is 0 Å². The van der Waals surface area contributed by atoms with E-state index in [4.69, 9.17) is 0 Å². The number of carbonyl (C=O) groups is 1. The third-order valence-corrected chi connectivity index (χ3v) is 7.10. The molecule has 38 heavy (non-hydrogen) atoms. The Kier molecular flexibility index (Phi) is 29.1. The Hall–Kier alpha value is -1.39. The number of aliphatic hydroxyl groups is 2. The maximum Gasteiger partial charge on any atom is 0.220 e. The van der Waals surface area contributed by atoms with Crippen molar-refractivity contribution in [1.82, 2.24) is 5.32 Å². The number of nitrogens with one attached hydrogen (secondary N) is 1. The summed E-state index contributed by atoms with van der Waals surface area (Å²) in [6.45, 7) is 4.24. The zero-order chi connectivity index (χ0) is 27.9. The quantitative estimate of drug-likeness (QED) is 0.0693. The predicted molar refractivity (Wildman–Crippen MR) is 165 cm³/mol. The second-order valence-corrected chi connectivity index (χ2v) is 10.9. The van der Waals surface area contributed by atoms with Crippen LogP contribution in [0.5, 0.6) is 0 Å². The van der Waals surface area contributed by atoms with Crippen LogP contribution < -0.4 is 5.32 Å². The lowest BCUT2D eigenvalue weighted by Gasteiger charge is -2.19. The Morgan fingerprint density at radius 1 is 0.605 bits per heavy atom. The topological polar surface area (TPSA) is 69.6 Å². The fourth-order valence-corrected chi connectivity index (χ4v) is 4.56. The van der Waals surface area contributed by atoms with E-state index in [-0.39, 0.29) is 12.5 Å². The normalized spacial score (nSPS) is 13.7. The Balaban J connectivity index is 3.76. The molecule has 4 nitrogen and oxygen atoms in total. The molecule has 0 rings (SSSR count). The molecule has 0 saturated carbocycles. The number of carbonyl (C=O) groups excluding carboxylic acids is 1. The van der Waals surface area contributed by atoms with E-state index < -0.39 is 12.1 Å². The van der Waals surface area contributed by atoms with Gasteiger partial charge in [0.25, 0.3) is 0 Å². The molecule has 0 bridgehead atoms. The molecule has 0 fully saturated rings. The highest BCUT2D eigenvalue weighted by molar-refractivity contribution is 5.76. The second-order valence-electron chi connectivity index (χ2n) is 10.9. The van der Waals surface area contributed by atoms with Crippen LogP contribution in [0.4, 0.5) is 0 Å². The molecule has 3 N–H and O–H groups in total. The van der Waals surface area contributed by atoms with Gasteiger partial charge in [0, 0.05) is 6.42 Å². The number of amides is 1. The summed E-state index contributed by atoms with van der Waals surface area (Å²) in [7, 11) is 0. The first kappa shape index (κ1) is 36.6. The van der Waals surface area contributed by atoms with Gasteiger partial charge in [-0.25, -0.2) is 0 Å². The van der Waals surface area contributed by atoms with Crippen LogP contribution >= 0.6 is 0 Å². The average Bonchev–Trinajstić information content (AvgIpc) is 2.92. The molecule has 0 radical (unpaired) electrons. The summed E-state index contributed by atoms with van der Waals surface area (Å²) in [4.78, 5) is 12.2. The van der Waals surface area contributed by atoms with Crippen LogP contribution in [0.25, 0.3) is 0 Å². The lowest BCUT2D eigenvalue weighted by molar-refractivity contribution is -0.123. The molecular weight excluding hydrogens is 470 g/mol. The summed E-state index contributed by atoms with van der Waals surface area (Å²) in [6, 6.07) is -0.638. The molecule has 0 aromatic carbocycles. The third-order valence-electron chi connectivity index (χ3n) is 7.10. The van der Waals surface area contributed by atoms with E-state index in [9.17, 15) is 15.0 Å². The average molecular weight is 534 g/mol. The van der Waals surface area contributed by atoms with Gasteiger partial charge in [-0.1, -0.05) is 140 Å². The van der Waals surface area contributed by atoms with Crippen molar-refractivity contribution in [1.29, 1.82) is 0 Å². The Morgan fingerprint density at radius 3 is 1.53 bits per heavy atom. The van der Waals surface area contributed by atoms with Crippen LogP contribution in [0.1, 0.15) is 155 Å². The second kappa shape index (κ2) is 30.2. The molecule has 1 amide bonds. The lowest BCUT2D eigenvalue weighted by atomic mass is 10.1. The molecule has 0 aromatic rings. The van der Waals surface area contributed by atoms with Crippen molar-refractivity contribution < 1.29 is 15.0 Å². The van der Waals surface area contributed by atoms with Gasteiger partial charge in [0.15, 0.2) is 0 Å². The van der Waals surface area contributed by atoms with Gasteiger partial charge in [-0.2, -0.15) is 0 Å². The van der Waals surface area contributed by atoms with Crippen molar-refractivity contribution in [2.75, 3.05) is 6.61 Å².